The first-order valence-electron chi connectivity index (χ1n) is 6.91. The standard InChI is InChI=1S/C13H16F3N5O2/c1-7(2)23-11(22)8(3)5-17-10-4-9(13(14,15)16)20-12-18-6-19-21(10)12/h4,6-8,17H,5H2,1-3H3. The number of halogens is 3. The van der Waals surface area contributed by atoms with Gasteiger partial charge in [0.15, 0.2) is 5.69 Å². The lowest BCUT2D eigenvalue weighted by molar-refractivity contribution is -0.151. The van der Waals surface area contributed by atoms with Gasteiger partial charge in [0.25, 0.3) is 5.78 Å². The molecule has 0 radical (unpaired) electrons. The number of alkyl halides is 3. The van der Waals surface area contributed by atoms with Gasteiger partial charge in [0.05, 0.1) is 12.0 Å². The summed E-state index contributed by atoms with van der Waals surface area (Å²) in [5, 5.41) is 6.57. The Morgan fingerprint density at radius 1 is 1.39 bits per heavy atom. The summed E-state index contributed by atoms with van der Waals surface area (Å²) >= 11 is 0. The molecule has 1 N–H and O–H groups in total. The molecule has 0 aromatic carbocycles. The lowest BCUT2D eigenvalue weighted by Crippen LogP contribution is -2.25. The number of nitrogens with one attached hydrogen (secondary N) is 1. The molecule has 2 aromatic heterocycles. The molecule has 0 aliphatic rings. The summed E-state index contributed by atoms with van der Waals surface area (Å²) in [6.07, 6.45) is -3.76. The molecule has 0 saturated carbocycles. The lowest BCUT2D eigenvalue weighted by atomic mass is 10.2. The van der Waals surface area contributed by atoms with Gasteiger partial charge in [-0.2, -0.15) is 27.8 Å². The fourth-order valence-electron chi connectivity index (χ4n) is 1.77. The quantitative estimate of drug-likeness (QED) is 0.846. The third-order valence-corrected chi connectivity index (χ3v) is 2.89. The van der Waals surface area contributed by atoms with E-state index in [1.165, 1.54) is 0 Å². The van der Waals surface area contributed by atoms with Crippen LogP contribution in [0.5, 0.6) is 0 Å². The summed E-state index contributed by atoms with van der Waals surface area (Å²) in [5.74, 6) is -1.12. The Labute approximate surface area is 129 Å². The molecule has 0 aliphatic heterocycles. The second kappa shape index (κ2) is 6.39. The van der Waals surface area contributed by atoms with Crippen LogP contribution in [0.4, 0.5) is 19.0 Å². The molecule has 0 bridgehead atoms. The van der Waals surface area contributed by atoms with Gasteiger partial charge in [-0.15, -0.1) is 0 Å². The van der Waals surface area contributed by atoms with E-state index < -0.39 is 23.8 Å². The number of esters is 1. The maximum absolute atomic E-state index is 12.9. The average molecular weight is 331 g/mol. The van der Waals surface area contributed by atoms with E-state index in [2.05, 4.69) is 20.4 Å². The van der Waals surface area contributed by atoms with Crippen LogP contribution in [0.1, 0.15) is 26.5 Å². The van der Waals surface area contributed by atoms with Crippen molar-refractivity contribution in [1.82, 2.24) is 19.6 Å². The van der Waals surface area contributed by atoms with Crippen LogP contribution in [0.3, 0.4) is 0 Å². The highest BCUT2D eigenvalue weighted by molar-refractivity contribution is 5.72. The summed E-state index contributed by atoms with van der Waals surface area (Å²) in [6.45, 7) is 5.13. The Hall–Kier alpha value is -2.39. The zero-order valence-corrected chi connectivity index (χ0v) is 12.8. The van der Waals surface area contributed by atoms with E-state index in [1.807, 2.05) is 0 Å². The maximum Gasteiger partial charge on any atom is 0.433 e. The molecule has 0 fully saturated rings. The molecule has 23 heavy (non-hydrogen) atoms. The summed E-state index contributed by atoms with van der Waals surface area (Å²) in [6, 6.07) is 0.822. The fraction of sp³-hybridized carbons (Fsp3) is 0.538. The van der Waals surface area contributed by atoms with Gasteiger partial charge in [-0.05, 0) is 13.8 Å². The lowest BCUT2D eigenvalue weighted by Gasteiger charge is -2.16. The van der Waals surface area contributed by atoms with Gasteiger partial charge >= 0.3 is 12.1 Å². The summed E-state index contributed by atoms with van der Waals surface area (Å²) < 4.78 is 44.7. The van der Waals surface area contributed by atoms with Crippen LogP contribution in [-0.2, 0) is 15.7 Å². The molecule has 10 heteroatoms. The molecule has 2 heterocycles. The highest BCUT2D eigenvalue weighted by atomic mass is 19.4. The molecule has 2 aromatic rings. The third kappa shape index (κ3) is 4.08. The monoisotopic (exact) mass is 331 g/mol. The highest BCUT2D eigenvalue weighted by Gasteiger charge is 2.34. The van der Waals surface area contributed by atoms with E-state index in [0.717, 1.165) is 16.9 Å². The van der Waals surface area contributed by atoms with Crippen molar-refractivity contribution in [3.8, 4) is 0 Å². The number of carbonyl (C=O) groups excluding carboxylic acids is 1. The van der Waals surface area contributed by atoms with Gasteiger partial charge in [-0.25, -0.2) is 4.98 Å². The predicted molar refractivity (Wildman–Crippen MR) is 74.7 cm³/mol. The number of hydrogen-bond acceptors (Lipinski definition) is 6. The number of rotatable bonds is 5. The van der Waals surface area contributed by atoms with Crippen molar-refractivity contribution in [1.29, 1.82) is 0 Å². The zero-order valence-electron chi connectivity index (χ0n) is 12.8. The Kier molecular flexibility index (Phi) is 4.71. The van der Waals surface area contributed by atoms with Crippen LogP contribution in [0, 0.1) is 5.92 Å². The molecule has 1 atom stereocenters. The van der Waals surface area contributed by atoms with Gasteiger partial charge < -0.3 is 10.1 Å². The number of aromatic nitrogens is 4. The molecular formula is C13H16F3N5O2. The number of carbonyl (C=O) groups is 1. The van der Waals surface area contributed by atoms with Gasteiger partial charge in [0, 0.05) is 12.6 Å². The first-order chi connectivity index (χ1) is 10.7. The van der Waals surface area contributed by atoms with Crippen molar-refractivity contribution in [2.45, 2.75) is 33.1 Å². The molecule has 0 aliphatic carbocycles. The minimum atomic E-state index is -4.60. The van der Waals surface area contributed by atoms with Crippen molar-refractivity contribution >= 4 is 17.6 Å². The molecule has 126 valence electrons. The van der Waals surface area contributed by atoms with Gasteiger partial charge in [-0.3, -0.25) is 4.79 Å². The number of anilines is 1. The second-order valence-electron chi connectivity index (χ2n) is 5.26. The number of hydrogen-bond donors (Lipinski definition) is 1. The van der Waals surface area contributed by atoms with Crippen molar-refractivity contribution in [2.75, 3.05) is 11.9 Å². The van der Waals surface area contributed by atoms with E-state index >= 15 is 0 Å². The van der Waals surface area contributed by atoms with E-state index in [9.17, 15) is 18.0 Å². The number of ether oxygens (including phenoxy) is 1. The van der Waals surface area contributed by atoms with E-state index in [-0.39, 0.29) is 24.2 Å². The molecule has 0 spiro atoms. The van der Waals surface area contributed by atoms with Crippen LogP contribution in [0.2, 0.25) is 0 Å². The second-order valence-corrected chi connectivity index (χ2v) is 5.26. The number of fused-ring (bicyclic) bond motifs is 1. The molecule has 7 nitrogen and oxygen atoms in total. The fourth-order valence-corrected chi connectivity index (χ4v) is 1.77. The summed E-state index contributed by atoms with van der Waals surface area (Å²) in [5.41, 5.74) is -1.09. The van der Waals surface area contributed by atoms with Crippen LogP contribution < -0.4 is 5.32 Å². The van der Waals surface area contributed by atoms with E-state index in [0.29, 0.717) is 0 Å². The van der Waals surface area contributed by atoms with E-state index in [1.54, 1.807) is 20.8 Å². The average Bonchev–Trinajstić information content (AvgIpc) is 2.90. The smallest absolute Gasteiger partial charge is 0.433 e. The third-order valence-electron chi connectivity index (χ3n) is 2.89. The van der Waals surface area contributed by atoms with Crippen LogP contribution in [0.15, 0.2) is 12.4 Å². The van der Waals surface area contributed by atoms with E-state index in [4.69, 9.17) is 4.74 Å². The van der Waals surface area contributed by atoms with Crippen LogP contribution in [0.25, 0.3) is 5.78 Å². The first-order valence-corrected chi connectivity index (χ1v) is 6.91. The molecule has 0 amide bonds. The first kappa shape index (κ1) is 17.0. The topological polar surface area (TPSA) is 81.4 Å². The Bertz CT molecular complexity index is 698. The highest BCUT2D eigenvalue weighted by Crippen LogP contribution is 2.29. The molecule has 1 unspecified atom stereocenters. The van der Waals surface area contributed by atoms with Crippen molar-refractivity contribution in [3.05, 3.63) is 18.1 Å². The Balaban J connectivity index is 2.19. The Morgan fingerprint density at radius 2 is 2.09 bits per heavy atom. The van der Waals surface area contributed by atoms with Gasteiger partial charge in [-0.1, -0.05) is 6.92 Å². The number of nitrogens with zero attached hydrogens (tertiary/aromatic N) is 4. The largest absolute Gasteiger partial charge is 0.463 e. The van der Waals surface area contributed by atoms with Crippen molar-refractivity contribution in [3.63, 3.8) is 0 Å². The maximum atomic E-state index is 12.9. The summed E-state index contributed by atoms with van der Waals surface area (Å²) in [4.78, 5) is 18.8. The zero-order chi connectivity index (χ0) is 17.2. The molecular weight excluding hydrogens is 315 g/mol. The summed E-state index contributed by atoms with van der Waals surface area (Å²) in [7, 11) is 0. The van der Waals surface area contributed by atoms with Crippen molar-refractivity contribution < 1.29 is 22.7 Å². The van der Waals surface area contributed by atoms with Crippen LogP contribution in [-0.4, -0.2) is 38.2 Å². The normalized spacial score (nSPS) is 13.3. The predicted octanol–water partition coefficient (Wildman–Crippen LogP) is 2.14. The van der Waals surface area contributed by atoms with Crippen LogP contribution >= 0.6 is 0 Å². The SMILES string of the molecule is CC(C)OC(=O)C(C)CNc1cc(C(F)(F)F)nc2ncnn12. The Morgan fingerprint density at radius 3 is 2.70 bits per heavy atom. The minimum absolute atomic E-state index is 0.0454. The molecule has 2 rings (SSSR count). The molecule has 0 saturated heterocycles. The van der Waals surface area contributed by atoms with Gasteiger partial charge in [0.1, 0.15) is 12.1 Å². The minimum Gasteiger partial charge on any atom is -0.463 e. The van der Waals surface area contributed by atoms with Gasteiger partial charge in [0.2, 0.25) is 0 Å². The van der Waals surface area contributed by atoms with Crippen molar-refractivity contribution in [2.24, 2.45) is 5.92 Å².